The van der Waals surface area contributed by atoms with Gasteiger partial charge in [-0.05, 0) is 53.9 Å². The summed E-state index contributed by atoms with van der Waals surface area (Å²) < 4.78 is 60.6. The largest absolute Gasteiger partial charge is 0.433 e. The third-order valence-corrected chi connectivity index (χ3v) is 5.81. The molecule has 3 aromatic rings. The van der Waals surface area contributed by atoms with Crippen LogP contribution in [0.2, 0.25) is 0 Å². The van der Waals surface area contributed by atoms with Crippen LogP contribution in [0.4, 0.5) is 18.9 Å². The molecular weight excluding hydrogens is 485 g/mol. The number of rotatable bonds is 9. The summed E-state index contributed by atoms with van der Waals surface area (Å²) in [5, 5.41) is 2.58. The third kappa shape index (κ3) is 6.87. The van der Waals surface area contributed by atoms with Gasteiger partial charge in [-0.3, -0.25) is 23.4 Å². The fourth-order valence-corrected chi connectivity index (χ4v) is 3.81. The van der Waals surface area contributed by atoms with Crippen molar-refractivity contribution >= 4 is 28.8 Å². The molecule has 0 aliphatic rings. The van der Waals surface area contributed by atoms with E-state index in [1.165, 1.54) is 34.6 Å². The molecule has 0 saturated heterocycles. The zero-order valence-electron chi connectivity index (χ0n) is 18.2. The van der Waals surface area contributed by atoms with Gasteiger partial charge in [0.2, 0.25) is 5.91 Å². The minimum atomic E-state index is -4.54. The Morgan fingerprint density at radius 1 is 1.06 bits per heavy atom. The first-order valence-corrected chi connectivity index (χ1v) is 11.3. The number of amides is 2. The summed E-state index contributed by atoms with van der Waals surface area (Å²) in [6.07, 6.45) is -3.23. The van der Waals surface area contributed by atoms with E-state index in [-0.39, 0.29) is 25.1 Å². The number of carbonyl (C=O) groups is 2. The first kappa shape index (κ1) is 25.8. The lowest BCUT2D eigenvalue weighted by molar-refractivity contribution is -0.141. The first-order valence-electron chi connectivity index (χ1n) is 10.2. The van der Waals surface area contributed by atoms with Gasteiger partial charge in [0.1, 0.15) is 5.69 Å². The number of benzene rings is 2. The van der Waals surface area contributed by atoms with Crippen LogP contribution in [0.15, 0.2) is 66.9 Å². The number of alkyl halides is 3. The number of nitrogens with two attached hydrogens (primary N) is 1. The van der Waals surface area contributed by atoms with E-state index in [0.29, 0.717) is 22.4 Å². The zero-order chi connectivity index (χ0) is 25.6. The summed E-state index contributed by atoms with van der Waals surface area (Å²) >= 11 is -2.37. The van der Waals surface area contributed by atoms with E-state index < -0.39 is 35.0 Å². The van der Waals surface area contributed by atoms with Crippen molar-refractivity contribution in [3.63, 3.8) is 0 Å². The zero-order valence-corrected chi connectivity index (χ0v) is 19.0. The summed E-state index contributed by atoms with van der Waals surface area (Å²) in [4.78, 5) is 27.3. The van der Waals surface area contributed by atoms with Crippen molar-refractivity contribution in [1.29, 1.82) is 0 Å². The molecular formula is C23H21F3N4O4S. The summed E-state index contributed by atoms with van der Waals surface area (Å²) in [7, 11) is 0. The van der Waals surface area contributed by atoms with Gasteiger partial charge in [0, 0.05) is 30.4 Å². The lowest BCUT2D eigenvalue weighted by Gasteiger charge is -2.20. The van der Waals surface area contributed by atoms with E-state index in [2.05, 4.69) is 10.3 Å². The average Bonchev–Trinajstić information content (AvgIpc) is 2.82. The van der Waals surface area contributed by atoms with Crippen molar-refractivity contribution in [1.82, 2.24) is 10.3 Å². The lowest BCUT2D eigenvalue weighted by Crippen LogP contribution is -2.28. The van der Waals surface area contributed by atoms with E-state index in [9.17, 15) is 31.5 Å². The predicted octanol–water partition coefficient (Wildman–Crippen LogP) is 3.32. The van der Waals surface area contributed by atoms with Crippen LogP contribution in [-0.2, 0) is 30.4 Å². The standard InChI is InChI=1S/C23H21F3N4O4S/c24-23(25,26)20-10-5-15(13-28-20)14-29-22(32)17-6-8-18(9-7-17)30(35(33)34)12-11-16-3-1-2-4-19(16)21(27)31/h1-10,13H,11-12,14H2,(H2,27,31)(H,29,32)(H,33,34). The van der Waals surface area contributed by atoms with Crippen LogP contribution in [0.3, 0.4) is 0 Å². The van der Waals surface area contributed by atoms with Gasteiger partial charge < -0.3 is 11.1 Å². The number of nitrogens with one attached hydrogen (secondary N) is 1. The van der Waals surface area contributed by atoms with Crippen LogP contribution in [0, 0.1) is 0 Å². The topological polar surface area (TPSA) is 126 Å². The molecule has 0 radical (unpaired) electrons. The maximum atomic E-state index is 12.6. The molecule has 2 aromatic carbocycles. The van der Waals surface area contributed by atoms with Gasteiger partial charge in [0.25, 0.3) is 17.2 Å². The number of carbonyl (C=O) groups excluding carboxylic acids is 2. The van der Waals surface area contributed by atoms with Crippen LogP contribution in [-0.4, -0.2) is 32.1 Å². The maximum absolute atomic E-state index is 12.6. The number of hydrogen-bond acceptors (Lipinski definition) is 4. The number of halogens is 3. The van der Waals surface area contributed by atoms with Crippen LogP contribution in [0.5, 0.6) is 0 Å². The molecule has 35 heavy (non-hydrogen) atoms. The summed E-state index contributed by atoms with van der Waals surface area (Å²) in [5.41, 5.74) is 6.31. The number of hydrogen-bond donors (Lipinski definition) is 3. The molecule has 12 heteroatoms. The molecule has 4 N–H and O–H groups in total. The van der Waals surface area contributed by atoms with E-state index >= 15 is 0 Å². The maximum Gasteiger partial charge on any atom is 0.433 e. The fraction of sp³-hybridized carbons (Fsp3) is 0.174. The van der Waals surface area contributed by atoms with Gasteiger partial charge in [-0.2, -0.15) is 13.2 Å². The Labute approximate surface area is 201 Å². The Hall–Kier alpha value is -3.77. The summed E-state index contributed by atoms with van der Waals surface area (Å²) in [6, 6.07) is 14.6. The monoisotopic (exact) mass is 506 g/mol. The molecule has 184 valence electrons. The van der Waals surface area contributed by atoms with E-state index in [4.69, 9.17) is 5.73 Å². The molecule has 1 unspecified atom stereocenters. The second-order valence-corrected chi connectivity index (χ2v) is 8.29. The second kappa shape index (κ2) is 11.1. The Bertz CT molecular complexity index is 1220. The molecule has 2 amide bonds. The van der Waals surface area contributed by atoms with Gasteiger partial charge in [0.05, 0.1) is 5.69 Å². The molecule has 1 heterocycles. The second-order valence-electron chi connectivity index (χ2n) is 7.38. The third-order valence-electron chi connectivity index (χ3n) is 5.04. The van der Waals surface area contributed by atoms with E-state index in [1.54, 1.807) is 24.3 Å². The molecule has 1 atom stereocenters. The minimum Gasteiger partial charge on any atom is -0.366 e. The highest BCUT2D eigenvalue weighted by atomic mass is 32.2. The Balaban J connectivity index is 1.63. The Kier molecular flexibility index (Phi) is 8.20. The molecule has 0 fully saturated rings. The van der Waals surface area contributed by atoms with Gasteiger partial charge in [-0.15, -0.1) is 0 Å². The quantitative estimate of drug-likeness (QED) is 0.384. The number of nitrogens with zero attached hydrogens (tertiary/aromatic N) is 2. The van der Waals surface area contributed by atoms with Crippen LogP contribution in [0.1, 0.15) is 37.5 Å². The fourth-order valence-electron chi connectivity index (χ4n) is 3.26. The molecule has 3 rings (SSSR count). The van der Waals surface area contributed by atoms with Gasteiger partial charge in [-0.25, -0.2) is 4.21 Å². The highest BCUT2D eigenvalue weighted by Gasteiger charge is 2.32. The van der Waals surface area contributed by atoms with Crippen molar-refractivity contribution in [2.75, 3.05) is 10.8 Å². The van der Waals surface area contributed by atoms with E-state index in [0.717, 1.165) is 12.3 Å². The van der Waals surface area contributed by atoms with Crippen molar-refractivity contribution in [2.45, 2.75) is 19.1 Å². The molecule has 0 saturated carbocycles. The molecule has 1 aromatic heterocycles. The summed E-state index contributed by atoms with van der Waals surface area (Å²) in [6.45, 7) is 0.0671. The molecule has 0 bridgehead atoms. The number of aromatic nitrogens is 1. The molecule has 8 nitrogen and oxygen atoms in total. The lowest BCUT2D eigenvalue weighted by atomic mass is 10.0. The van der Waals surface area contributed by atoms with Crippen LogP contribution in [0.25, 0.3) is 0 Å². The first-order chi connectivity index (χ1) is 16.6. The van der Waals surface area contributed by atoms with Gasteiger partial charge in [0.15, 0.2) is 0 Å². The summed E-state index contributed by atoms with van der Waals surface area (Å²) in [5.74, 6) is -1.08. The van der Waals surface area contributed by atoms with Crippen LogP contribution >= 0.6 is 0 Å². The van der Waals surface area contributed by atoms with Crippen molar-refractivity contribution in [3.8, 4) is 0 Å². The van der Waals surface area contributed by atoms with Gasteiger partial charge in [-0.1, -0.05) is 24.3 Å². The molecule has 0 aliphatic carbocycles. The smallest absolute Gasteiger partial charge is 0.366 e. The van der Waals surface area contributed by atoms with Gasteiger partial charge >= 0.3 is 6.18 Å². The minimum absolute atomic E-state index is 0.0300. The predicted molar refractivity (Wildman–Crippen MR) is 124 cm³/mol. The molecule has 0 aliphatic heterocycles. The van der Waals surface area contributed by atoms with Crippen molar-refractivity contribution in [2.24, 2.45) is 5.73 Å². The molecule has 0 spiro atoms. The highest BCUT2D eigenvalue weighted by Crippen LogP contribution is 2.27. The van der Waals surface area contributed by atoms with Crippen molar-refractivity contribution in [3.05, 3.63) is 94.8 Å². The average molecular weight is 507 g/mol. The number of anilines is 1. The number of primary amides is 1. The Morgan fingerprint density at radius 2 is 1.74 bits per heavy atom. The normalized spacial score (nSPS) is 12.1. The number of pyridine rings is 1. The van der Waals surface area contributed by atoms with E-state index in [1.807, 2.05) is 0 Å². The SMILES string of the molecule is NC(=O)c1ccccc1CCN(c1ccc(C(=O)NCc2ccc(C(F)(F)F)nc2)cc1)S(=O)O. The van der Waals surface area contributed by atoms with Crippen LogP contribution < -0.4 is 15.4 Å². The van der Waals surface area contributed by atoms with Crippen molar-refractivity contribution < 1.29 is 31.5 Å². The Morgan fingerprint density at radius 3 is 2.31 bits per heavy atom. The highest BCUT2D eigenvalue weighted by molar-refractivity contribution is 7.80.